The average Bonchev–Trinajstić information content (AvgIpc) is 2.67. The molecule has 29 heavy (non-hydrogen) atoms. The van der Waals surface area contributed by atoms with Crippen LogP contribution in [-0.2, 0) is 25.7 Å². The Bertz CT molecular complexity index is 943. The Kier molecular flexibility index (Phi) is 7.96. The third-order valence-corrected chi connectivity index (χ3v) is 5.13. The quantitative estimate of drug-likeness (QED) is 0.665. The van der Waals surface area contributed by atoms with Crippen molar-refractivity contribution in [1.82, 2.24) is 5.32 Å². The topological polar surface area (TPSA) is 72.5 Å². The zero-order valence-electron chi connectivity index (χ0n) is 16.8. The van der Waals surface area contributed by atoms with Gasteiger partial charge in [0.15, 0.2) is 5.78 Å². The van der Waals surface area contributed by atoms with Gasteiger partial charge in [-0.1, -0.05) is 49.4 Å². The van der Waals surface area contributed by atoms with Crippen LogP contribution in [0.2, 0.25) is 0 Å². The highest BCUT2D eigenvalue weighted by atomic mass is 32.2. The van der Waals surface area contributed by atoms with Gasteiger partial charge in [-0.25, -0.2) is 9.18 Å². The van der Waals surface area contributed by atoms with Gasteiger partial charge in [0.25, 0.3) is 0 Å². The van der Waals surface area contributed by atoms with E-state index in [1.807, 2.05) is 37.3 Å². The Hall–Kier alpha value is -2.67. The second-order valence-electron chi connectivity index (χ2n) is 7.08. The molecule has 7 heteroatoms. The van der Waals surface area contributed by atoms with Crippen molar-refractivity contribution in [2.75, 3.05) is 12.5 Å². The molecule has 0 bridgehead atoms. The number of Topliss-reactive ketones (excluding diaryl/α,β-unsaturated/α-hetero) is 1. The monoisotopic (exact) mass is 419 g/mol. The van der Waals surface area contributed by atoms with Crippen LogP contribution in [0.1, 0.15) is 30.4 Å². The Balaban J connectivity index is 2.23. The van der Waals surface area contributed by atoms with E-state index in [0.717, 1.165) is 10.9 Å². The number of amides is 1. The summed E-state index contributed by atoms with van der Waals surface area (Å²) in [5, 5.41) is 3.75. The maximum absolute atomic E-state index is 13.3. The van der Waals surface area contributed by atoms with Gasteiger partial charge >= 0.3 is 6.09 Å². The zero-order chi connectivity index (χ0) is 21.4. The molecule has 1 N–H and O–H groups in total. The van der Waals surface area contributed by atoms with Crippen molar-refractivity contribution in [2.45, 2.75) is 31.9 Å². The molecular weight excluding hydrogens is 393 g/mol. The molecule has 0 aliphatic heterocycles. The smallest absolute Gasteiger partial charge is 0.408 e. The van der Waals surface area contributed by atoms with E-state index in [4.69, 9.17) is 4.74 Å². The van der Waals surface area contributed by atoms with Crippen LogP contribution in [0.5, 0.6) is 0 Å². The molecule has 5 nitrogen and oxygen atoms in total. The summed E-state index contributed by atoms with van der Waals surface area (Å²) in [6, 6.07) is 14.0. The molecule has 0 unspecified atom stereocenters. The van der Waals surface area contributed by atoms with Crippen LogP contribution < -0.4 is 5.32 Å². The molecule has 0 spiro atoms. The van der Waals surface area contributed by atoms with Crippen molar-refractivity contribution < 1.29 is 22.9 Å². The third-order valence-electron chi connectivity index (χ3n) is 4.33. The number of ether oxygens (including phenoxy) is 1. The van der Waals surface area contributed by atoms with Crippen molar-refractivity contribution in [2.24, 2.45) is 0 Å². The van der Waals surface area contributed by atoms with Gasteiger partial charge in [0.05, 0.1) is 0 Å². The standard InChI is InChI=1S/C22H26FNO4S/c1-4-19(17-10-12-18(23)13-11-17)21(20(25)15-29(2,3)27)24-22(26)28-14-16-8-6-5-7-9-16/h5-13,15,19,21H,4,14H2,1-3H3,(H,24,26)/t19-,21-/m0/s1. The van der Waals surface area contributed by atoms with Crippen LogP contribution in [0, 0.1) is 5.82 Å². The number of hydrogen-bond acceptors (Lipinski definition) is 4. The highest BCUT2D eigenvalue weighted by Gasteiger charge is 2.30. The number of rotatable bonds is 8. The van der Waals surface area contributed by atoms with Crippen LogP contribution >= 0.6 is 0 Å². The lowest BCUT2D eigenvalue weighted by molar-refractivity contribution is -0.114. The number of benzene rings is 2. The number of carbonyl (C=O) groups excluding carboxylic acids is 2. The third kappa shape index (κ3) is 7.34. The summed E-state index contributed by atoms with van der Waals surface area (Å²) in [4.78, 5) is 25.2. The Labute approximate surface area is 171 Å². The van der Waals surface area contributed by atoms with Crippen LogP contribution in [0.3, 0.4) is 0 Å². The molecule has 0 aliphatic carbocycles. The molecule has 0 aromatic heterocycles. The first-order chi connectivity index (χ1) is 13.7. The van der Waals surface area contributed by atoms with Gasteiger partial charge in [0.1, 0.15) is 18.5 Å². The van der Waals surface area contributed by atoms with E-state index < -0.39 is 39.2 Å². The Morgan fingerprint density at radius 2 is 1.72 bits per heavy atom. The largest absolute Gasteiger partial charge is 0.445 e. The van der Waals surface area contributed by atoms with Gasteiger partial charge in [-0.15, -0.1) is 0 Å². The van der Waals surface area contributed by atoms with Gasteiger partial charge in [-0.05, 0) is 39.2 Å². The second kappa shape index (κ2) is 10.2. The van der Waals surface area contributed by atoms with Crippen molar-refractivity contribution in [1.29, 1.82) is 0 Å². The van der Waals surface area contributed by atoms with E-state index in [0.29, 0.717) is 12.0 Å². The molecule has 2 aromatic carbocycles. The number of nitrogens with one attached hydrogen (secondary N) is 1. The lowest BCUT2D eigenvalue weighted by Gasteiger charge is -2.25. The van der Waals surface area contributed by atoms with E-state index in [2.05, 4.69) is 5.32 Å². The van der Waals surface area contributed by atoms with E-state index in [-0.39, 0.29) is 6.61 Å². The van der Waals surface area contributed by atoms with E-state index in [1.165, 1.54) is 24.6 Å². The zero-order valence-corrected chi connectivity index (χ0v) is 17.6. The summed E-state index contributed by atoms with van der Waals surface area (Å²) >= 11 is 0. The summed E-state index contributed by atoms with van der Waals surface area (Å²) in [7, 11) is -2.47. The van der Waals surface area contributed by atoms with Gasteiger partial charge in [-0.2, -0.15) is 0 Å². The molecule has 0 saturated carbocycles. The van der Waals surface area contributed by atoms with Crippen LogP contribution in [0.15, 0.2) is 54.6 Å². The highest BCUT2D eigenvalue weighted by Crippen LogP contribution is 2.24. The molecule has 0 heterocycles. The maximum atomic E-state index is 13.3. The predicted octanol–water partition coefficient (Wildman–Crippen LogP) is 3.53. The fourth-order valence-corrected chi connectivity index (χ4v) is 3.69. The van der Waals surface area contributed by atoms with Crippen LogP contribution in [0.4, 0.5) is 9.18 Å². The SMILES string of the molecule is CC[C@@H](c1ccc(F)cc1)[C@H](NC(=O)OCc1ccccc1)C(=O)C=S(C)(C)=O. The summed E-state index contributed by atoms with van der Waals surface area (Å²) < 4.78 is 30.7. The van der Waals surface area contributed by atoms with E-state index >= 15 is 0 Å². The number of halogens is 1. The minimum Gasteiger partial charge on any atom is -0.445 e. The minimum atomic E-state index is -2.47. The normalized spacial score (nSPS) is 13.2. The lowest BCUT2D eigenvalue weighted by Crippen LogP contribution is -2.46. The second-order valence-corrected chi connectivity index (χ2v) is 9.93. The van der Waals surface area contributed by atoms with Gasteiger partial charge in [0.2, 0.25) is 0 Å². The summed E-state index contributed by atoms with van der Waals surface area (Å²) in [6.45, 7) is 1.92. The average molecular weight is 420 g/mol. The molecule has 0 radical (unpaired) electrons. The summed E-state index contributed by atoms with van der Waals surface area (Å²) in [5.41, 5.74) is 1.51. The van der Waals surface area contributed by atoms with E-state index in [1.54, 1.807) is 12.1 Å². The first-order valence-corrected chi connectivity index (χ1v) is 11.7. The van der Waals surface area contributed by atoms with Gasteiger partial charge < -0.3 is 10.1 Å². The Morgan fingerprint density at radius 1 is 1.10 bits per heavy atom. The Morgan fingerprint density at radius 3 is 2.28 bits per heavy atom. The highest BCUT2D eigenvalue weighted by molar-refractivity contribution is 8.01. The minimum absolute atomic E-state index is 0.0585. The van der Waals surface area contributed by atoms with E-state index in [9.17, 15) is 18.2 Å². The van der Waals surface area contributed by atoms with Crippen LogP contribution in [0.25, 0.3) is 0 Å². The summed E-state index contributed by atoms with van der Waals surface area (Å²) in [5.74, 6) is -1.28. The number of carbonyl (C=O) groups is 2. The van der Waals surface area contributed by atoms with Crippen LogP contribution in [-0.4, -0.2) is 40.0 Å². The number of ketones is 1. The maximum Gasteiger partial charge on any atom is 0.408 e. The molecule has 0 aliphatic rings. The van der Waals surface area contributed by atoms with Gasteiger partial charge in [0, 0.05) is 23.8 Å². The van der Waals surface area contributed by atoms with Crippen molar-refractivity contribution in [3.63, 3.8) is 0 Å². The van der Waals surface area contributed by atoms with Crippen molar-refractivity contribution in [3.8, 4) is 0 Å². The van der Waals surface area contributed by atoms with Crippen molar-refractivity contribution >= 4 is 26.8 Å². The predicted molar refractivity (Wildman–Crippen MR) is 114 cm³/mol. The van der Waals surface area contributed by atoms with Gasteiger partial charge in [-0.3, -0.25) is 9.00 Å². The fraction of sp³-hybridized carbons (Fsp3) is 0.318. The first-order valence-electron chi connectivity index (χ1n) is 9.25. The molecule has 156 valence electrons. The molecule has 2 aromatic rings. The molecule has 2 atom stereocenters. The number of hydrogen-bond donors (Lipinski definition) is 1. The molecule has 0 fully saturated rings. The number of alkyl carbamates (subject to hydrolysis) is 1. The summed E-state index contributed by atoms with van der Waals surface area (Å²) in [6.07, 6.45) is 2.66. The fourth-order valence-electron chi connectivity index (χ4n) is 2.99. The first kappa shape index (κ1) is 22.6. The molecular formula is C22H26FNO4S. The molecule has 1 amide bonds. The lowest BCUT2D eigenvalue weighted by atomic mass is 9.87. The molecule has 2 rings (SSSR count). The molecule has 0 saturated heterocycles. The van der Waals surface area contributed by atoms with Crippen molar-refractivity contribution in [3.05, 3.63) is 71.5 Å².